The third-order valence-corrected chi connectivity index (χ3v) is 5.68. The molecule has 0 bridgehead atoms. The molecule has 3 aromatic rings. The summed E-state index contributed by atoms with van der Waals surface area (Å²) in [6.07, 6.45) is 1.91. The van der Waals surface area contributed by atoms with Crippen molar-refractivity contribution in [1.29, 1.82) is 0 Å². The van der Waals surface area contributed by atoms with Crippen LogP contribution < -0.4 is 9.47 Å². The van der Waals surface area contributed by atoms with Crippen LogP contribution in [0.2, 0.25) is 0 Å². The highest BCUT2D eigenvalue weighted by molar-refractivity contribution is 7.16. The van der Waals surface area contributed by atoms with Crippen molar-refractivity contribution >= 4 is 27.5 Å². The quantitative estimate of drug-likeness (QED) is 0.689. The Morgan fingerprint density at radius 3 is 2.88 bits per heavy atom. The fraction of sp³-hybridized carbons (Fsp3) is 0.300. The van der Waals surface area contributed by atoms with E-state index >= 15 is 0 Å². The van der Waals surface area contributed by atoms with Crippen LogP contribution in [-0.2, 0) is 0 Å². The number of fused-ring (bicyclic) bond motifs is 1. The van der Waals surface area contributed by atoms with E-state index < -0.39 is 0 Å². The van der Waals surface area contributed by atoms with Crippen LogP contribution >= 0.6 is 11.3 Å². The number of carbonyl (C=O) groups excluding carboxylic acids is 1. The maximum absolute atomic E-state index is 13.2. The first-order valence-corrected chi connectivity index (χ1v) is 9.45. The van der Waals surface area contributed by atoms with Crippen molar-refractivity contribution in [2.75, 3.05) is 20.8 Å². The lowest BCUT2D eigenvalue weighted by Gasteiger charge is -2.26. The first kappa shape index (κ1) is 16.8. The van der Waals surface area contributed by atoms with E-state index in [-0.39, 0.29) is 11.9 Å². The van der Waals surface area contributed by atoms with Crippen molar-refractivity contribution in [2.24, 2.45) is 0 Å². The second-order valence-corrected chi connectivity index (χ2v) is 7.19. The van der Waals surface area contributed by atoms with Crippen molar-refractivity contribution < 1.29 is 14.3 Å². The van der Waals surface area contributed by atoms with Crippen molar-refractivity contribution in [3.05, 3.63) is 53.0 Å². The molecule has 1 saturated heterocycles. The zero-order valence-electron chi connectivity index (χ0n) is 14.8. The molecule has 0 radical (unpaired) electrons. The lowest BCUT2D eigenvalue weighted by molar-refractivity contribution is 0.0734. The predicted molar refractivity (Wildman–Crippen MR) is 102 cm³/mol. The number of carbonyl (C=O) groups is 1. The van der Waals surface area contributed by atoms with Gasteiger partial charge in [-0.1, -0.05) is 0 Å². The molecule has 134 valence electrons. The Balaban J connectivity index is 1.66. The predicted octanol–water partition coefficient (Wildman–Crippen LogP) is 4.29. The SMILES string of the molecule is COc1ccc([C@@H]2CCCN2C(=O)c2ccc3ncsc3c2)c(OC)c1. The third kappa shape index (κ3) is 2.90. The van der Waals surface area contributed by atoms with Gasteiger partial charge in [-0.2, -0.15) is 0 Å². The topological polar surface area (TPSA) is 51.7 Å². The van der Waals surface area contributed by atoms with Crippen LogP contribution in [0.25, 0.3) is 10.2 Å². The lowest BCUT2D eigenvalue weighted by atomic mass is 10.0. The smallest absolute Gasteiger partial charge is 0.254 e. The van der Waals surface area contributed by atoms with Gasteiger partial charge in [-0.25, -0.2) is 4.98 Å². The minimum Gasteiger partial charge on any atom is -0.497 e. The number of nitrogens with zero attached hydrogens (tertiary/aromatic N) is 2. The van der Waals surface area contributed by atoms with Gasteiger partial charge in [0.05, 0.1) is 36.0 Å². The maximum atomic E-state index is 13.2. The fourth-order valence-electron chi connectivity index (χ4n) is 3.58. The second kappa shape index (κ2) is 6.96. The number of benzene rings is 2. The van der Waals surface area contributed by atoms with Crippen LogP contribution in [0, 0.1) is 0 Å². The molecule has 5 nitrogen and oxygen atoms in total. The van der Waals surface area contributed by atoms with Gasteiger partial charge in [0.1, 0.15) is 11.5 Å². The highest BCUT2D eigenvalue weighted by Gasteiger charge is 2.32. The zero-order chi connectivity index (χ0) is 18.1. The number of methoxy groups -OCH3 is 2. The molecule has 1 aliphatic rings. The zero-order valence-corrected chi connectivity index (χ0v) is 15.6. The molecule has 1 aromatic heterocycles. The van der Waals surface area contributed by atoms with E-state index in [2.05, 4.69) is 4.98 Å². The molecule has 0 unspecified atom stereocenters. The van der Waals surface area contributed by atoms with Crippen molar-refractivity contribution in [3.63, 3.8) is 0 Å². The summed E-state index contributed by atoms with van der Waals surface area (Å²) in [5.41, 5.74) is 4.47. The van der Waals surface area contributed by atoms with Crippen LogP contribution in [0.3, 0.4) is 0 Å². The Kier molecular flexibility index (Phi) is 4.51. The molecule has 1 aliphatic heterocycles. The molecule has 6 heteroatoms. The molecule has 0 N–H and O–H groups in total. The van der Waals surface area contributed by atoms with Crippen LogP contribution in [-0.4, -0.2) is 36.6 Å². The minimum atomic E-state index is 0.0144. The largest absolute Gasteiger partial charge is 0.497 e. The number of aromatic nitrogens is 1. The van der Waals surface area contributed by atoms with Crippen LogP contribution in [0.1, 0.15) is 34.8 Å². The van der Waals surface area contributed by atoms with Crippen LogP contribution in [0.4, 0.5) is 0 Å². The van der Waals surface area contributed by atoms with Gasteiger partial charge < -0.3 is 14.4 Å². The van der Waals surface area contributed by atoms with Gasteiger partial charge in [0.2, 0.25) is 0 Å². The molecule has 2 aromatic carbocycles. The van der Waals surface area contributed by atoms with Gasteiger partial charge in [0.25, 0.3) is 5.91 Å². The Morgan fingerprint density at radius 1 is 1.19 bits per heavy atom. The third-order valence-electron chi connectivity index (χ3n) is 4.89. The van der Waals surface area contributed by atoms with E-state index in [9.17, 15) is 4.79 Å². The molecule has 2 heterocycles. The van der Waals surface area contributed by atoms with Crippen molar-refractivity contribution in [2.45, 2.75) is 18.9 Å². The molecule has 1 atom stereocenters. The molecule has 0 saturated carbocycles. The molecule has 4 rings (SSSR count). The maximum Gasteiger partial charge on any atom is 0.254 e. The van der Waals surface area contributed by atoms with E-state index in [0.29, 0.717) is 5.56 Å². The van der Waals surface area contributed by atoms with Gasteiger partial charge >= 0.3 is 0 Å². The normalized spacial score (nSPS) is 16.8. The number of thiazole rings is 1. The van der Waals surface area contributed by atoms with Crippen molar-refractivity contribution in [3.8, 4) is 11.5 Å². The van der Waals surface area contributed by atoms with E-state index in [1.807, 2.05) is 41.3 Å². The Labute approximate surface area is 156 Å². The Hall–Kier alpha value is -2.60. The first-order chi connectivity index (χ1) is 12.7. The van der Waals surface area contributed by atoms with Gasteiger partial charge in [0, 0.05) is 23.7 Å². The number of hydrogen-bond acceptors (Lipinski definition) is 5. The summed E-state index contributed by atoms with van der Waals surface area (Å²) in [6, 6.07) is 11.5. The van der Waals surface area contributed by atoms with Gasteiger partial charge in [0.15, 0.2) is 0 Å². The van der Waals surface area contributed by atoms with Gasteiger partial charge in [-0.15, -0.1) is 11.3 Å². The fourth-order valence-corrected chi connectivity index (χ4v) is 4.30. The summed E-state index contributed by atoms with van der Waals surface area (Å²) in [7, 11) is 3.28. The summed E-state index contributed by atoms with van der Waals surface area (Å²) in [5.74, 6) is 1.56. The molecular formula is C20H20N2O3S. The summed E-state index contributed by atoms with van der Waals surface area (Å²) in [4.78, 5) is 19.4. The molecule has 26 heavy (non-hydrogen) atoms. The average Bonchev–Trinajstić information content (AvgIpc) is 3.35. The minimum absolute atomic E-state index is 0.0144. The van der Waals surface area contributed by atoms with Crippen molar-refractivity contribution in [1.82, 2.24) is 9.88 Å². The number of amides is 1. The van der Waals surface area contributed by atoms with E-state index in [0.717, 1.165) is 46.7 Å². The molecule has 0 spiro atoms. The molecule has 0 aliphatic carbocycles. The van der Waals surface area contributed by atoms with E-state index in [1.54, 1.807) is 31.1 Å². The van der Waals surface area contributed by atoms with Crippen LogP contribution in [0.5, 0.6) is 11.5 Å². The lowest BCUT2D eigenvalue weighted by Crippen LogP contribution is -2.30. The van der Waals surface area contributed by atoms with Gasteiger partial charge in [-0.05, 0) is 43.2 Å². The highest BCUT2D eigenvalue weighted by atomic mass is 32.1. The van der Waals surface area contributed by atoms with E-state index in [1.165, 1.54) is 0 Å². The first-order valence-electron chi connectivity index (χ1n) is 8.57. The number of likely N-dealkylation sites (tertiary alicyclic amines) is 1. The molecule has 1 fully saturated rings. The summed E-state index contributed by atoms with van der Waals surface area (Å²) in [5, 5.41) is 0. The average molecular weight is 368 g/mol. The number of hydrogen-bond donors (Lipinski definition) is 0. The monoisotopic (exact) mass is 368 g/mol. The van der Waals surface area contributed by atoms with Gasteiger partial charge in [-0.3, -0.25) is 4.79 Å². The Morgan fingerprint density at radius 2 is 2.08 bits per heavy atom. The van der Waals surface area contributed by atoms with E-state index in [4.69, 9.17) is 9.47 Å². The summed E-state index contributed by atoms with van der Waals surface area (Å²) in [6.45, 7) is 0.749. The highest BCUT2D eigenvalue weighted by Crippen LogP contribution is 2.39. The summed E-state index contributed by atoms with van der Waals surface area (Å²) < 4.78 is 11.9. The standard InChI is InChI=1S/C20H20N2O3S/c1-24-14-6-7-15(18(11-14)25-2)17-4-3-9-22(17)20(23)13-5-8-16-19(10-13)26-12-21-16/h5-8,10-12,17H,3-4,9H2,1-2H3/t17-/m0/s1. The molecular weight excluding hydrogens is 348 g/mol. The van der Waals surface area contributed by atoms with Crippen LogP contribution in [0.15, 0.2) is 41.9 Å². The number of rotatable bonds is 4. The number of ether oxygens (including phenoxy) is 2. The molecule has 1 amide bonds. The Bertz CT molecular complexity index is 953. The summed E-state index contributed by atoms with van der Waals surface area (Å²) >= 11 is 1.55. The second-order valence-electron chi connectivity index (χ2n) is 6.30.